The quantitative estimate of drug-likeness (QED) is 0.579. The standard InChI is InChI=1S/C13H18N2O6S/c1-4-5-10(13(16)17)14-22(20,21)12-9(3)8(2)6-7-11(12)15(18)19/h6-7,10,14H,4-5H2,1-3H3,(H,16,17). The second-order valence-corrected chi connectivity index (χ2v) is 6.56. The highest BCUT2D eigenvalue weighted by Gasteiger charge is 2.32. The molecule has 1 rings (SSSR count). The van der Waals surface area contributed by atoms with Crippen LogP contribution in [-0.2, 0) is 14.8 Å². The zero-order chi connectivity index (χ0) is 17.1. The molecule has 0 amide bonds. The van der Waals surface area contributed by atoms with E-state index in [1.807, 2.05) is 4.72 Å². The molecule has 0 saturated heterocycles. The number of aliphatic carboxylic acids is 1. The third kappa shape index (κ3) is 3.80. The third-order valence-corrected chi connectivity index (χ3v) is 4.94. The number of rotatable bonds is 7. The van der Waals surface area contributed by atoms with Crippen LogP contribution in [0.15, 0.2) is 17.0 Å². The number of carbonyl (C=O) groups is 1. The first-order valence-electron chi connectivity index (χ1n) is 6.61. The zero-order valence-electron chi connectivity index (χ0n) is 12.5. The van der Waals surface area contributed by atoms with E-state index in [-0.39, 0.29) is 12.0 Å². The van der Waals surface area contributed by atoms with Gasteiger partial charge in [0.05, 0.1) is 4.92 Å². The lowest BCUT2D eigenvalue weighted by molar-refractivity contribution is -0.387. The molecule has 1 aromatic rings. The first-order valence-corrected chi connectivity index (χ1v) is 8.09. The Labute approximate surface area is 128 Å². The number of hydrogen-bond acceptors (Lipinski definition) is 5. The van der Waals surface area contributed by atoms with E-state index in [1.165, 1.54) is 13.0 Å². The Morgan fingerprint density at radius 3 is 2.45 bits per heavy atom. The van der Waals surface area contributed by atoms with Gasteiger partial charge in [-0.25, -0.2) is 8.42 Å². The lowest BCUT2D eigenvalue weighted by atomic mass is 10.1. The van der Waals surface area contributed by atoms with Crippen molar-refractivity contribution < 1.29 is 23.2 Å². The fourth-order valence-corrected chi connectivity index (χ4v) is 3.72. The second-order valence-electron chi connectivity index (χ2n) is 4.91. The molecular formula is C13H18N2O6S. The van der Waals surface area contributed by atoms with Crippen LogP contribution in [0.1, 0.15) is 30.9 Å². The van der Waals surface area contributed by atoms with Gasteiger partial charge in [0.2, 0.25) is 10.0 Å². The maximum atomic E-state index is 12.4. The topological polar surface area (TPSA) is 127 Å². The van der Waals surface area contributed by atoms with E-state index in [1.54, 1.807) is 13.8 Å². The van der Waals surface area contributed by atoms with Crippen molar-refractivity contribution in [3.8, 4) is 0 Å². The van der Waals surface area contributed by atoms with Crippen LogP contribution >= 0.6 is 0 Å². The van der Waals surface area contributed by atoms with Gasteiger partial charge in [0.25, 0.3) is 5.69 Å². The largest absolute Gasteiger partial charge is 0.480 e. The van der Waals surface area contributed by atoms with E-state index in [0.29, 0.717) is 12.0 Å². The van der Waals surface area contributed by atoms with Gasteiger partial charge in [-0.05, 0) is 31.4 Å². The summed E-state index contributed by atoms with van der Waals surface area (Å²) in [6.45, 7) is 4.79. The van der Waals surface area contributed by atoms with E-state index < -0.39 is 37.5 Å². The average Bonchev–Trinajstić information content (AvgIpc) is 2.40. The van der Waals surface area contributed by atoms with E-state index in [9.17, 15) is 23.3 Å². The summed E-state index contributed by atoms with van der Waals surface area (Å²) < 4.78 is 26.9. The number of nitro benzene ring substituents is 1. The number of nitrogens with zero attached hydrogens (tertiary/aromatic N) is 1. The Kier molecular flexibility index (Phi) is 5.61. The van der Waals surface area contributed by atoms with Crippen LogP contribution in [0.3, 0.4) is 0 Å². The van der Waals surface area contributed by atoms with E-state index >= 15 is 0 Å². The summed E-state index contributed by atoms with van der Waals surface area (Å²) >= 11 is 0. The lowest BCUT2D eigenvalue weighted by Gasteiger charge is -2.16. The van der Waals surface area contributed by atoms with Gasteiger partial charge in [0.15, 0.2) is 4.90 Å². The number of aryl methyl sites for hydroxylation is 1. The van der Waals surface area contributed by atoms with Crippen molar-refractivity contribution in [3.05, 3.63) is 33.4 Å². The van der Waals surface area contributed by atoms with E-state index in [2.05, 4.69) is 0 Å². The summed E-state index contributed by atoms with van der Waals surface area (Å²) in [7, 11) is -4.33. The number of hydrogen-bond donors (Lipinski definition) is 2. The zero-order valence-corrected chi connectivity index (χ0v) is 13.3. The van der Waals surface area contributed by atoms with Crippen molar-refractivity contribution in [2.45, 2.75) is 44.6 Å². The molecule has 1 aromatic carbocycles. The molecule has 0 aromatic heterocycles. The van der Waals surface area contributed by atoms with Gasteiger partial charge < -0.3 is 5.11 Å². The van der Waals surface area contributed by atoms with Crippen LogP contribution in [0, 0.1) is 24.0 Å². The predicted molar refractivity (Wildman–Crippen MR) is 79.2 cm³/mol. The van der Waals surface area contributed by atoms with Gasteiger partial charge >= 0.3 is 5.97 Å². The highest BCUT2D eigenvalue weighted by atomic mass is 32.2. The van der Waals surface area contributed by atoms with Gasteiger partial charge in [-0.1, -0.05) is 19.4 Å². The molecule has 0 radical (unpaired) electrons. The van der Waals surface area contributed by atoms with Gasteiger partial charge in [-0.3, -0.25) is 14.9 Å². The molecule has 122 valence electrons. The van der Waals surface area contributed by atoms with Gasteiger partial charge in [0, 0.05) is 6.07 Å². The smallest absolute Gasteiger partial charge is 0.321 e. The summed E-state index contributed by atoms with van der Waals surface area (Å²) in [6.07, 6.45) is 0.543. The molecule has 22 heavy (non-hydrogen) atoms. The monoisotopic (exact) mass is 330 g/mol. The molecular weight excluding hydrogens is 312 g/mol. The Balaban J connectivity index is 3.42. The Bertz CT molecular complexity index is 699. The highest BCUT2D eigenvalue weighted by molar-refractivity contribution is 7.89. The number of benzene rings is 1. The molecule has 0 saturated carbocycles. The molecule has 2 N–H and O–H groups in total. The summed E-state index contributed by atoms with van der Waals surface area (Å²) in [5.41, 5.74) is 0.215. The van der Waals surface area contributed by atoms with Gasteiger partial charge in [-0.15, -0.1) is 0 Å². The maximum Gasteiger partial charge on any atom is 0.321 e. The lowest BCUT2D eigenvalue weighted by Crippen LogP contribution is -2.41. The van der Waals surface area contributed by atoms with Crippen LogP contribution in [0.25, 0.3) is 0 Å². The fourth-order valence-electron chi connectivity index (χ4n) is 2.03. The van der Waals surface area contributed by atoms with Crippen LogP contribution in [-0.4, -0.2) is 30.5 Å². The molecule has 1 unspecified atom stereocenters. The SMILES string of the molecule is CCCC(NS(=O)(=O)c1c([N+](=O)[O-])ccc(C)c1C)C(=O)O. The Morgan fingerprint density at radius 1 is 1.41 bits per heavy atom. The normalized spacial score (nSPS) is 12.9. The van der Waals surface area contributed by atoms with E-state index in [4.69, 9.17) is 5.11 Å². The Morgan fingerprint density at radius 2 is 2.00 bits per heavy atom. The highest BCUT2D eigenvalue weighted by Crippen LogP contribution is 2.29. The molecule has 0 fully saturated rings. The molecule has 1 atom stereocenters. The molecule has 0 aliphatic carbocycles. The number of carboxylic acids is 1. The minimum atomic E-state index is -4.33. The predicted octanol–water partition coefficient (Wildman–Crippen LogP) is 1.74. The van der Waals surface area contributed by atoms with Crippen LogP contribution in [0.4, 0.5) is 5.69 Å². The molecule has 0 heterocycles. The molecule has 0 spiro atoms. The summed E-state index contributed by atoms with van der Waals surface area (Å²) in [4.78, 5) is 20.9. The minimum Gasteiger partial charge on any atom is -0.480 e. The Hall–Kier alpha value is -2.00. The molecule has 0 aliphatic heterocycles. The molecule has 0 aliphatic rings. The molecule has 9 heteroatoms. The number of nitro groups is 1. The summed E-state index contributed by atoms with van der Waals surface area (Å²) in [5.74, 6) is -1.32. The van der Waals surface area contributed by atoms with Crippen molar-refractivity contribution in [2.75, 3.05) is 0 Å². The second kappa shape index (κ2) is 6.84. The van der Waals surface area contributed by atoms with Crippen molar-refractivity contribution in [1.82, 2.24) is 4.72 Å². The van der Waals surface area contributed by atoms with Crippen molar-refractivity contribution in [2.24, 2.45) is 0 Å². The fraction of sp³-hybridized carbons (Fsp3) is 0.462. The first kappa shape index (κ1) is 18.1. The average molecular weight is 330 g/mol. The van der Waals surface area contributed by atoms with Crippen molar-refractivity contribution >= 4 is 21.7 Å². The summed E-state index contributed by atoms with van der Waals surface area (Å²) in [5, 5.41) is 20.1. The summed E-state index contributed by atoms with van der Waals surface area (Å²) in [6, 6.07) is 1.23. The van der Waals surface area contributed by atoms with Crippen LogP contribution in [0.2, 0.25) is 0 Å². The third-order valence-electron chi connectivity index (χ3n) is 3.29. The van der Waals surface area contributed by atoms with Gasteiger partial charge in [0.1, 0.15) is 6.04 Å². The van der Waals surface area contributed by atoms with E-state index in [0.717, 1.165) is 6.07 Å². The number of nitrogens with one attached hydrogen (secondary N) is 1. The minimum absolute atomic E-state index is 0.0905. The number of sulfonamides is 1. The van der Waals surface area contributed by atoms with Crippen LogP contribution in [0.5, 0.6) is 0 Å². The van der Waals surface area contributed by atoms with Crippen molar-refractivity contribution in [1.29, 1.82) is 0 Å². The van der Waals surface area contributed by atoms with Crippen LogP contribution < -0.4 is 4.72 Å². The van der Waals surface area contributed by atoms with Crippen molar-refractivity contribution in [3.63, 3.8) is 0 Å². The number of carboxylic acid groups (broad SMARTS) is 1. The van der Waals surface area contributed by atoms with Gasteiger partial charge in [-0.2, -0.15) is 4.72 Å². The maximum absolute atomic E-state index is 12.4. The first-order chi connectivity index (χ1) is 10.1. The molecule has 8 nitrogen and oxygen atoms in total. The molecule has 0 bridgehead atoms.